The maximum Gasteiger partial charge on any atom is 0.00152 e. The van der Waals surface area contributed by atoms with E-state index < -0.39 is 0 Å². The zero-order chi connectivity index (χ0) is 16.1. The van der Waals surface area contributed by atoms with Gasteiger partial charge in [0.15, 0.2) is 0 Å². The molecule has 1 fully saturated rings. The minimum atomic E-state index is 0.659. The largest absolute Gasteiger partial charge is 0.103 e. The van der Waals surface area contributed by atoms with Gasteiger partial charge in [0.1, 0.15) is 0 Å². The van der Waals surface area contributed by atoms with Crippen molar-refractivity contribution in [2.24, 2.45) is 29.6 Å². The van der Waals surface area contributed by atoms with Crippen molar-refractivity contribution < 1.29 is 0 Å². The number of rotatable bonds is 4. The maximum atomic E-state index is 3.94. The molecule has 0 aromatic carbocycles. The summed E-state index contributed by atoms with van der Waals surface area (Å²) in [4.78, 5) is 0. The van der Waals surface area contributed by atoms with Crippen molar-refractivity contribution in [2.45, 2.75) is 51.9 Å². The molecule has 0 N–H and O–H groups in total. The summed E-state index contributed by atoms with van der Waals surface area (Å²) < 4.78 is 0. The molecule has 3 rings (SSSR count). The monoisotopic (exact) mass is 308 g/mol. The van der Waals surface area contributed by atoms with Crippen LogP contribution in [-0.2, 0) is 0 Å². The van der Waals surface area contributed by atoms with Crippen LogP contribution in [0.1, 0.15) is 51.9 Å². The fourth-order valence-electron chi connectivity index (χ4n) is 4.17. The van der Waals surface area contributed by atoms with Crippen molar-refractivity contribution >= 4 is 0 Å². The van der Waals surface area contributed by atoms with E-state index in [1.54, 1.807) is 5.57 Å². The van der Waals surface area contributed by atoms with Crippen molar-refractivity contribution in [1.29, 1.82) is 0 Å². The molecule has 1 saturated carbocycles. The van der Waals surface area contributed by atoms with Gasteiger partial charge >= 0.3 is 0 Å². The number of allylic oxidation sites excluding steroid dienone is 9. The Morgan fingerprint density at radius 3 is 2.30 bits per heavy atom. The Labute approximate surface area is 142 Å². The molecule has 0 aromatic rings. The first-order chi connectivity index (χ1) is 11.2. The molecule has 124 valence electrons. The Kier molecular flexibility index (Phi) is 5.75. The molecular formula is C23H32. The third-order valence-corrected chi connectivity index (χ3v) is 5.95. The first-order valence-electron chi connectivity index (χ1n) is 9.62. The summed E-state index contributed by atoms with van der Waals surface area (Å²) in [6.45, 7) is 6.24. The van der Waals surface area contributed by atoms with Crippen LogP contribution in [0.15, 0.2) is 60.8 Å². The van der Waals surface area contributed by atoms with Crippen molar-refractivity contribution in [1.82, 2.24) is 0 Å². The van der Waals surface area contributed by atoms with E-state index in [1.807, 2.05) is 0 Å². The van der Waals surface area contributed by atoms with Gasteiger partial charge in [-0.3, -0.25) is 0 Å². The number of hydrogen-bond donors (Lipinski definition) is 0. The van der Waals surface area contributed by atoms with E-state index in [4.69, 9.17) is 0 Å². The third kappa shape index (κ3) is 4.59. The standard InChI is InChI=1S/C23H32/c1-3-19-6-8-20(9-7-19)10-11-21-12-16-23(17-13-21)22-14-4-18(2)5-15-22/h3-4,10-12,14-16,18-21,23H,1,5-9,13,17H2,2H3/b11-10+. The Bertz CT molecular complexity index is 508. The highest BCUT2D eigenvalue weighted by molar-refractivity contribution is 5.30. The molecule has 0 amide bonds. The molecule has 3 unspecified atom stereocenters. The molecule has 0 aromatic heterocycles. The van der Waals surface area contributed by atoms with Crippen LogP contribution in [-0.4, -0.2) is 0 Å². The second kappa shape index (κ2) is 7.99. The molecule has 0 heterocycles. The zero-order valence-electron chi connectivity index (χ0n) is 14.7. The van der Waals surface area contributed by atoms with Gasteiger partial charge in [0, 0.05) is 5.92 Å². The Hall–Kier alpha value is -1.30. The van der Waals surface area contributed by atoms with Crippen LogP contribution in [0.3, 0.4) is 0 Å². The first kappa shape index (κ1) is 16.6. The highest BCUT2D eigenvalue weighted by Gasteiger charge is 2.20. The van der Waals surface area contributed by atoms with E-state index in [0.717, 1.165) is 17.8 Å². The van der Waals surface area contributed by atoms with Gasteiger partial charge in [-0.15, -0.1) is 6.58 Å². The van der Waals surface area contributed by atoms with Crippen LogP contribution in [0, 0.1) is 29.6 Å². The highest BCUT2D eigenvalue weighted by Crippen LogP contribution is 2.33. The second-order valence-electron chi connectivity index (χ2n) is 7.80. The molecule has 0 nitrogen and oxygen atoms in total. The molecule has 23 heavy (non-hydrogen) atoms. The maximum absolute atomic E-state index is 3.94. The van der Waals surface area contributed by atoms with Crippen LogP contribution in [0.25, 0.3) is 0 Å². The van der Waals surface area contributed by atoms with Gasteiger partial charge in [-0.05, 0) is 74.2 Å². The lowest BCUT2D eigenvalue weighted by molar-refractivity contribution is 0.355. The van der Waals surface area contributed by atoms with Crippen LogP contribution < -0.4 is 0 Å². The van der Waals surface area contributed by atoms with Gasteiger partial charge in [0.05, 0.1) is 0 Å². The molecule has 0 spiro atoms. The summed E-state index contributed by atoms with van der Waals surface area (Å²) in [6, 6.07) is 0. The smallest absolute Gasteiger partial charge is 0.00152 e. The van der Waals surface area contributed by atoms with Crippen molar-refractivity contribution in [3.8, 4) is 0 Å². The van der Waals surface area contributed by atoms with Gasteiger partial charge in [0.25, 0.3) is 0 Å². The quantitative estimate of drug-likeness (QED) is 0.511. The van der Waals surface area contributed by atoms with Crippen molar-refractivity contribution in [3.63, 3.8) is 0 Å². The summed E-state index contributed by atoms with van der Waals surface area (Å²) in [5, 5.41) is 0. The van der Waals surface area contributed by atoms with Gasteiger partial charge in [0.2, 0.25) is 0 Å². The Morgan fingerprint density at radius 2 is 1.70 bits per heavy atom. The molecule has 3 aliphatic carbocycles. The lowest BCUT2D eigenvalue weighted by atomic mass is 9.79. The van der Waals surface area contributed by atoms with Crippen LogP contribution in [0.2, 0.25) is 0 Å². The molecule has 0 aliphatic heterocycles. The van der Waals surface area contributed by atoms with E-state index in [0.29, 0.717) is 11.8 Å². The van der Waals surface area contributed by atoms with Gasteiger partial charge < -0.3 is 0 Å². The predicted octanol–water partition coefficient (Wildman–Crippen LogP) is 6.64. The first-order valence-corrected chi connectivity index (χ1v) is 9.62. The molecule has 3 aliphatic rings. The molecule has 0 heteroatoms. The van der Waals surface area contributed by atoms with Gasteiger partial charge in [-0.1, -0.05) is 55.5 Å². The third-order valence-electron chi connectivity index (χ3n) is 5.95. The molecular weight excluding hydrogens is 276 g/mol. The lowest BCUT2D eigenvalue weighted by Crippen LogP contribution is -2.12. The van der Waals surface area contributed by atoms with Gasteiger partial charge in [-0.2, -0.15) is 0 Å². The number of hydrogen-bond acceptors (Lipinski definition) is 0. The molecule has 0 saturated heterocycles. The Morgan fingerprint density at radius 1 is 0.913 bits per heavy atom. The fourth-order valence-corrected chi connectivity index (χ4v) is 4.17. The van der Waals surface area contributed by atoms with E-state index in [1.165, 1.54) is 44.9 Å². The summed E-state index contributed by atoms with van der Waals surface area (Å²) >= 11 is 0. The van der Waals surface area contributed by atoms with E-state index in [2.05, 4.69) is 62.1 Å². The van der Waals surface area contributed by atoms with Gasteiger partial charge in [-0.25, -0.2) is 0 Å². The average molecular weight is 309 g/mol. The SMILES string of the molecule is C=CC1CCC(/C=C/C2C=CC(C3=CCC(C)C=C3)CC2)CC1. The second-order valence-corrected chi connectivity index (χ2v) is 7.80. The van der Waals surface area contributed by atoms with E-state index in [9.17, 15) is 0 Å². The molecule has 0 radical (unpaired) electrons. The normalized spacial score (nSPS) is 37.8. The van der Waals surface area contributed by atoms with Crippen molar-refractivity contribution in [2.75, 3.05) is 0 Å². The molecule has 3 atom stereocenters. The average Bonchev–Trinajstić information content (AvgIpc) is 2.61. The van der Waals surface area contributed by atoms with Crippen LogP contribution in [0.5, 0.6) is 0 Å². The zero-order valence-corrected chi connectivity index (χ0v) is 14.7. The summed E-state index contributed by atoms with van der Waals surface area (Å²) in [5.41, 5.74) is 1.55. The van der Waals surface area contributed by atoms with Crippen molar-refractivity contribution in [3.05, 3.63) is 60.8 Å². The topological polar surface area (TPSA) is 0 Å². The van der Waals surface area contributed by atoms with Crippen LogP contribution in [0.4, 0.5) is 0 Å². The lowest BCUT2D eigenvalue weighted by Gasteiger charge is -2.26. The summed E-state index contributed by atoms with van der Waals surface area (Å²) in [7, 11) is 0. The van der Waals surface area contributed by atoms with E-state index in [-0.39, 0.29) is 0 Å². The minimum Gasteiger partial charge on any atom is -0.103 e. The predicted molar refractivity (Wildman–Crippen MR) is 101 cm³/mol. The molecule has 0 bridgehead atoms. The van der Waals surface area contributed by atoms with E-state index >= 15 is 0 Å². The summed E-state index contributed by atoms with van der Waals surface area (Å²) in [5.74, 6) is 3.62. The minimum absolute atomic E-state index is 0.659. The fraction of sp³-hybridized carbons (Fsp3) is 0.565. The van der Waals surface area contributed by atoms with Crippen LogP contribution >= 0.6 is 0 Å². The highest BCUT2D eigenvalue weighted by atomic mass is 14.2. The Balaban J connectivity index is 1.48. The summed E-state index contributed by atoms with van der Waals surface area (Å²) in [6.07, 6.45) is 28.4.